The first-order chi connectivity index (χ1) is 16.4. The van der Waals surface area contributed by atoms with Crippen molar-refractivity contribution in [3.63, 3.8) is 0 Å². The van der Waals surface area contributed by atoms with Gasteiger partial charge in [-0.15, -0.1) is 0 Å². The largest absolute Gasteiger partial charge is 5.00 e. The quantitative estimate of drug-likeness (QED) is 0.195. The summed E-state index contributed by atoms with van der Waals surface area (Å²) in [5.41, 5.74) is 0. The molecule has 0 atom stereocenters. The van der Waals surface area contributed by atoms with Crippen LogP contribution in [0.5, 0.6) is 0 Å². The van der Waals surface area contributed by atoms with E-state index in [0.29, 0.717) is 0 Å². The van der Waals surface area contributed by atoms with Gasteiger partial charge in [-0.25, -0.2) is 0 Å². The first kappa shape index (κ1) is 47.4. The van der Waals surface area contributed by atoms with Crippen LogP contribution in [0.2, 0.25) is 0 Å². The molecule has 0 aromatic rings. The fourth-order valence-electron chi connectivity index (χ4n) is 1.61. The van der Waals surface area contributed by atoms with Gasteiger partial charge in [0.05, 0.1) is 0 Å². The summed E-state index contributed by atoms with van der Waals surface area (Å²) in [6.07, 6.45) is 9.34. The van der Waals surface area contributed by atoms with Crippen molar-refractivity contribution in [1.29, 1.82) is 0 Å². The van der Waals surface area contributed by atoms with E-state index in [2.05, 4.69) is 0 Å². The molecule has 0 saturated carbocycles. The molecule has 0 aliphatic carbocycles. The molecule has 0 aromatic carbocycles. The monoisotopic (exact) mass is 714 g/mol. The van der Waals surface area contributed by atoms with E-state index in [-0.39, 0.29) is 58.3 Å². The Kier molecular flexibility index (Phi) is 57.1. The topological polar surface area (TPSA) is 201 Å². The molecule has 210 valence electrons. The average molecular weight is 715 g/mol. The second-order valence-electron chi connectivity index (χ2n) is 7.38. The fraction of sp³-hybridized carbons (Fsp3) is 0.800. The molecule has 0 bridgehead atoms. The first-order valence-electron chi connectivity index (χ1n) is 12.3. The summed E-state index contributed by atoms with van der Waals surface area (Å²) in [6.45, 7) is 9.74. The Morgan fingerprint density at radius 2 is 0.472 bits per heavy atom. The number of carboxylic acid groups (broad SMARTS) is 5. The molecular formula is C25H45BiO10. The summed E-state index contributed by atoms with van der Waals surface area (Å²) in [6, 6.07) is 0. The number of unbranched alkanes of at least 4 members (excludes halogenated alkanes) is 5. The Balaban J connectivity index is -0.0000000776. The summed E-state index contributed by atoms with van der Waals surface area (Å²) in [7, 11) is 0. The van der Waals surface area contributed by atoms with E-state index in [0.717, 1.165) is 64.2 Å². The minimum atomic E-state index is -0.943. The van der Waals surface area contributed by atoms with E-state index >= 15 is 0 Å². The minimum Gasteiger partial charge on any atom is -0.550 e. The maximum atomic E-state index is 9.65. The normalized spacial score (nSPS) is 8.47. The van der Waals surface area contributed by atoms with Crippen LogP contribution in [0.4, 0.5) is 0 Å². The van der Waals surface area contributed by atoms with Gasteiger partial charge in [-0.3, -0.25) is 0 Å². The number of carbonyl (C=O) groups excluding carboxylic acids is 5. The number of aliphatic carboxylic acids is 5. The number of carboxylic acids is 5. The predicted octanol–water partition coefficient (Wildman–Crippen LogP) is -0.748. The molecule has 10 nitrogen and oxygen atoms in total. The van der Waals surface area contributed by atoms with Crippen LogP contribution in [0, 0.1) is 0 Å². The van der Waals surface area contributed by atoms with Crippen LogP contribution in [0.15, 0.2) is 0 Å². The van der Waals surface area contributed by atoms with Crippen molar-refractivity contribution in [2.75, 3.05) is 0 Å². The van der Waals surface area contributed by atoms with Gasteiger partial charge in [-0.1, -0.05) is 66.7 Å². The zero-order valence-electron chi connectivity index (χ0n) is 22.6. The first-order valence-corrected chi connectivity index (χ1v) is 12.3. The molecule has 0 heterocycles. The van der Waals surface area contributed by atoms with Gasteiger partial charge in [0, 0.05) is 29.8 Å². The summed E-state index contributed by atoms with van der Waals surface area (Å²) in [5, 5.41) is 48.2. The van der Waals surface area contributed by atoms with E-state index in [1.54, 1.807) is 0 Å². The number of rotatable bonds is 15. The van der Waals surface area contributed by atoms with Crippen LogP contribution < -0.4 is 25.5 Å². The molecule has 0 aliphatic heterocycles. The summed E-state index contributed by atoms with van der Waals surface area (Å²) >= 11 is 0. The van der Waals surface area contributed by atoms with Gasteiger partial charge in [0.1, 0.15) is 0 Å². The Morgan fingerprint density at radius 1 is 0.361 bits per heavy atom. The van der Waals surface area contributed by atoms with E-state index < -0.39 is 29.8 Å². The van der Waals surface area contributed by atoms with E-state index in [1.807, 2.05) is 34.6 Å². The molecule has 0 saturated heterocycles. The van der Waals surface area contributed by atoms with Crippen LogP contribution in [0.3, 0.4) is 0 Å². The molecule has 0 aromatic heterocycles. The zero-order valence-corrected chi connectivity index (χ0v) is 26.1. The van der Waals surface area contributed by atoms with Crippen molar-refractivity contribution in [2.24, 2.45) is 0 Å². The second kappa shape index (κ2) is 43.3. The van der Waals surface area contributed by atoms with Crippen LogP contribution in [-0.2, 0) is 24.0 Å². The van der Waals surface area contributed by atoms with Crippen molar-refractivity contribution < 1.29 is 49.5 Å². The van der Waals surface area contributed by atoms with Crippen molar-refractivity contribution in [3.8, 4) is 0 Å². The third kappa shape index (κ3) is 94.6. The molecule has 0 radical (unpaired) electrons. The standard InChI is InChI=1S/5C5H10O2.Bi/c5*1-2-3-4-5(6)7;/h5*2-4H2,1H3,(H,6,7);/q;;;;;+5/p-5. The number of hydrogen-bond donors (Lipinski definition) is 0. The van der Waals surface area contributed by atoms with Crippen LogP contribution in [0.25, 0.3) is 0 Å². The minimum absolute atomic E-state index is 0. The molecule has 0 spiro atoms. The van der Waals surface area contributed by atoms with Gasteiger partial charge in [0.25, 0.3) is 0 Å². The SMILES string of the molecule is CCCCC(=O)[O-].CCCCC(=O)[O-].CCCCC(=O)[O-].CCCCC(=O)[O-].CCCCC(=O)[O-].[Bi+5]. The van der Waals surface area contributed by atoms with Gasteiger partial charge >= 0.3 is 26.2 Å². The van der Waals surface area contributed by atoms with Gasteiger partial charge < -0.3 is 49.5 Å². The Morgan fingerprint density at radius 3 is 0.500 bits per heavy atom. The summed E-state index contributed by atoms with van der Waals surface area (Å²) in [4.78, 5) is 48.2. The fourth-order valence-corrected chi connectivity index (χ4v) is 1.61. The van der Waals surface area contributed by atoms with Crippen LogP contribution in [0.1, 0.15) is 131 Å². The third-order valence-corrected chi connectivity index (χ3v) is 3.67. The predicted molar refractivity (Wildman–Crippen MR) is 128 cm³/mol. The summed E-state index contributed by atoms with van der Waals surface area (Å²) < 4.78 is 0. The molecule has 11 heteroatoms. The van der Waals surface area contributed by atoms with Crippen LogP contribution >= 0.6 is 0 Å². The molecule has 0 amide bonds. The second-order valence-corrected chi connectivity index (χ2v) is 7.38. The van der Waals surface area contributed by atoms with Crippen LogP contribution in [-0.4, -0.2) is 56.0 Å². The van der Waals surface area contributed by atoms with Crippen molar-refractivity contribution in [1.82, 2.24) is 0 Å². The molecule has 0 unspecified atom stereocenters. The maximum absolute atomic E-state index is 9.65. The van der Waals surface area contributed by atoms with E-state index in [4.69, 9.17) is 0 Å². The van der Waals surface area contributed by atoms with Gasteiger partial charge in [0.15, 0.2) is 0 Å². The molecular weight excluding hydrogens is 669 g/mol. The average Bonchev–Trinajstić information content (AvgIpc) is 2.78. The van der Waals surface area contributed by atoms with E-state index in [9.17, 15) is 49.5 Å². The summed E-state index contributed by atoms with van der Waals surface area (Å²) in [5.74, 6) is -4.71. The third-order valence-electron chi connectivity index (χ3n) is 3.67. The Labute approximate surface area is 236 Å². The number of carbonyl (C=O) groups is 5. The Bertz CT molecular complexity index is 407. The van der Waals surface area contributed by atoms with E-state index in [1.165, 1.54) is 0 Å². The van der Waals surface area contributed by atoms with Crippen molar-refractivity contribution in [2.45, 2.75) is 131 Å². The maximum Gasteiger partial charge on any atom is 5.00 e. The number of hydrogen-bond acceptors (Lipinski definition) is 10. The van der Waals surface area contributed by atoms with Crippen molar-refractivity contribution >= 4 is 56.0 Å². The Hall–Kier alpha value is -1.77. The molecule has 36 heavy (non-hydrogen) atoms. The molecule has 0 aliphatic rings. The molecule has 0 fully saturated rings. The zero-order chi connectivity index (χ0) is 28.5. The molecule has 0 rings (SSSR count). The van der Waals surface area contributed by atoms with Gasteiger partial charge in [0.2, 0.25) is 0 Å². The molecule has 0 N–H and O–H groups in total. The van der Waals surface area contributed by atoms with Gasteiger partial charge in [-0.05, 0) is 64.2 Å². The van der Waals surface area contributed by atoms with Gasteiger partial charge in [-0.2, -0.15) is 0 Å². The van der Waals surface area contributed by atoms with Crippen molar-refractivity contribution in [3.05, 3.63) is 0 Å². The smallest absolute Gasteiger partial charge is 0.550 e.